The van der Waals surface area contributed by atoms with E-state index in [9.17, 15) is 9.59 Å². The lowest BCUT2D eigenvalue weighted by Crippen LogP contribution is -2.32. The van der Waals surface area contributed by atoms with E-state index in [1.54, 1.807) is 31.2 Å². The lowest BCUT2D eigenvalue weighted by atomic mass is 10.1. The maximum atomic E-state index is 12.1. The Labute approximate surface area is 135 Å². The van der Waals surface area contributed by atoms with Gasteiger partial charge in [0.25, 0.3) is 5.91 Å². The van der Waals surface area contributed by atoms with Crippen LogP contribution >= 0.6 is 0 Å². The molecule has 2 rings (SSSR count). The normalized spacial score (nSPS) is 18.9. The molecule has 0 aliphatic carbocycles. The van der Waals surface area contributed by atoms with Gasteiger partial charge in [0, 0.05) is 18.0 Å². The molecule has 1 fully saturated rings. The minimum absolute atomic E-state index is 0.0714. The Morgan fingerprint density at radius 1 is 1.35 bits per heavy atom. The van der Waals surface area contributed by atoms with Crippen molar-refractivity contribution in [3.8, 4) is 0 Å². The van der Waals surface area contributed by atoms with E-state index in [0.717, 1.165) is 25.9 Å². The van der Waals surface area contributed by atoms with E-state index in [0.29, 0.717) is 18.0 Å². The number of hydrogen-bond donors (Lipinski definition) is 3. The van der Waals surface area contributed by atoms with Gasteiger partial charge in [0.05, 0.1) is 12.7 Å². The average Bonchev–Trinajstić information content (AvgIpc) is 2.53. The third-order valence-corrected chi connectivity index (χ3v) is 3.57. The number of amides is 3. The number of rotatable bonds is 6. The van der Waals surface area contributed by atoms with Gasteiger partial charge in [-0.2, -0.15) is 0 Å². The number of nitrogens with two attached hydrogens (primary N) is 1. The van der Waals surface area contributed by atoms with Crippen molar-refractivity contribution in [2.24, 2.45) is 5.73 Å². The van der Waals surface area contributed by atoms with Crippen LogP contribution in [0.25, 0.3) is 0 Å². The van der Waals surface area contributed by atoms with Crippen LogP contribution in [0.2, 0.25) is 0 Å². The Kier molecular flexibility index (Phi) is 6.37. The van der Waals surface area contributed by atoms with Crippen molar-refractivity contribution >= 4 is 23.3 Å². The van der Waals surface area contributed by atoms with Crippen LogP contribution in [-0.2, 0) is 14.3 Å². The van der Waals surface area contributed by atoms with Crippen LogP contribution in [0.1, 0.15) is 26.2 Å². The third-order valence-electron chi connectivity index (χ3n) is 3.57. The van der Waals surface area contributed by atoms with Crippen molar-refractivity contribution in [1.82, 2.24) is 0 Å². The minimum atomic E-state index is -0.655. The van der Waals surface area contributed by atoms with Crippen LogP contribution < -0.4 is 16.4 Å². The summed E-state index contributed by atoms with van der Waals surface area (Å²) in [5, 5.41) is 5.20. The highest BCUT2D eigenvalue weighted by atomic mass is 16.5. The number of benzene rings is 1. The summed E-state index contributed by atoms with van der Waals surface area (Å²) in [6.45, 7) is 2.87. The number of carbonyl (C=O) groups is 2. The molecule has 23 heavy (non-hydrogen) atoms. The van der Waals surface area contributed by atoms with Crippen LogP contribution in [0.5, 0.6) is 0 Å². The second-order valence-electron chi connectivity index (χ2n) is 5.52. The molecule has 1 aliphatic heterocycles. The highest BCUT2D eigenvalue weighted by molar-refractivity contribution is 5.95. The summed E-state index contributed by atoms with van der Waals surface area (Å²) in [5.41, 5.74) is 6.14. The lowest BCUT2D eigenvalue weighted by Gasteiger charge is -2.23. The Hall–Kier alpha value is -2.12. The van der Waals surface area contributed by atoms with E-state index < -0.39 is 12.1 Å². The molecule has 1 saturated heterocycles. The van der Waals surface area contributed by atoms with Gasteiger partial charge in [0.1, 0.15) is 6.10 Å². The summed E-state index contributed by atoms with van der Waals surface area (Å²) in [6.07, 6.45) is 2.67. The smallest absolute Gasteiger partial charge is 0.316 e. The van der Waals surface area contributed by atoms with Gasteiger partial charge in [-0.3, -0.25) is 4.79 Å². The Bertz CT molecular complexity index is 544. The zero-order chi connectivity index (χ0) is 16.7. The molecule has 0 aromatic heterocycles. The number of nitrogens with one attached hydrogen (secondary N) is 2. The number of hydrogen-bond acceptors (Lipinski definition) is 4. The third kappa shape index (κ3) is 5.88. The fraction of sp³-hybridized carbons (Fsp3) is 0.500. The quantitative estimate of drug-likeness (QED) is 0.746. The van der Waals surface area contributed by atoms with Crippen LogP contribution in [0.15, 0.2) is 24.3 Å². The van der Waals surface area contributed by atoms with Gasteiger partial charge in [0.2, 0.25) is 0 Å². The Balaban J connectivity index is 1.81. The van der Waals surface area contributed by atoms with Crippen LogP contribution in [-0.4, -0.2) is 37.4 Å². The van der Waals surface area contributed by atoms with Crippen LogP contribution in [0, 0.1) is 0 Å². The standard InChI is InChI=1S/C16H23N3O4/c1-11(23-10-14-7-2-3-8-22-14)15(20)18-12-5-4-6-13(9-12)19-16(17)21/h4-6,9,11,14H,2-3,7-8,10H2,1H3,(H,18,20)(H3,17,19,21). The molecular weight excluding hydrogens is 298 g/mol. The van der Waals surface area contributed by atoms with E-state index >= 15 is 0 Å². The highest BCUT2D eigenvalue weighted by Gasteiger charge is 2.19. The van der Waals surface area contributed by atoms with Crippen molar-refractivity contribution in [3.63, 3.8) is 0 Å². The second-order valence-corrected chi connectivity index (χ2v) is 5.52. The minimum Gasteiger partial charge on any atom is -0.376 e. The lowest BCUT2D eigenvalue weighted by molar-refractivity contribution is -0.130. The number of primary amides is 1. The fourth-order valence-electron chi connectivity index (χ4n) is 2.33. The predicted molar refractivity (Wildman–Crippen MR) is 87.3 cm³/mol. The monoisotopic (exact) mass is 321 g/mol. The Morgan fingerprint density at radius 2 is 2.09 bits per heavy atom. The van der Waals surface area contributed by atoms with Gasteiger partial charge in [-0.25, -0.2) is 4.79 Å². The Morgan fingerprint density at radius 3 is 2.74 bits per heavy atom. The van der Waals surface area contributed by atoms with Gasteiger partial charge in [-0.1, -0.05) is 6.07 Å². The van der Waals surface area contributed by atoms with E-state index in [1.807, 2.05) is 0 Å². The molecule has 1 heterocycles. The second kappa shape index (κ2) is 8.50. The average molecular weight is 321 g/mol. The summed E-state index contributed by atoms with van der Waals surface area (Å²) in [6, 6.07) is 6.08. The molecule has 1 aromatic carbocycles. The molecule has 0 spiro atoms. The van der Waals surface area contributed by atoms with Crippen LogP contribution in [0.4, 0.5) is 16.2 Å². The van der Waals surface area contributed by atoms with Gasteiger partial charge in [0.15, 0.2) is 0 Å². The van der Waals surface area contributed by atoms with E-state index in [-0.39, 0.29) is 12.0 Å². The molecule has 0 saturated carbocycles. The number of anilines is 2. The van der Waals surface area contributed by atoms with Gasteiger partial charge in [-0.15, -0.1) is 0 Å². The summed E-state index contributed by atoms with van der Waals surface area (Å²) in [4.78, 5) is 23.0. The summed E-state index contributed by atoms with van der Waals surface area (Å²) in [5.74, 6) is -0.253. The van der Waals surface area contributed by atoms with Crippen LogP contribution in [0.3, 0.4) is 0 Å². The SMILES string of the molecule is CC(OCC1CCCCO1)C(=O)Nc1cccc(NC(N)=O)c1. The first-order chi connectivity index (χ1) is 11.0. The molecule has 0 radical (unpaired) electrons. The zero-order valence-electron chi connectivity index (χ0n) is 13.2. The molecule has 7 heteroatoms. The van der Waals surface area contributed by atoms with Crippen molar-refractivity contribution in [2.75, 3.05) is 23.8 Å². The molecule has 2 unspecified atom stereocenters. The molecule has 1 aromatic rings. The fourth-order valence-corrected chi connectivity index (χ4v) is 2.33. The van der Waals surface area contributed by atoms with E-state index in [4.69, 9.17) is 15.2 Å². The molecule has 2 atom stereocenters. The number of urea groups is 1. The largest absolute Gasteiger partial charge is 0.376 e. The molecule has 0 bridgehead atoms. The molecule has 3 amide bonds. The van der Waals surface area contributed by atoms with Crippen molar-refractivity contribution in [2.45, 2.75) is 38.4 Å². The molecular formula is C16H23N3O4. The molecule has 1 aliphatic rings. The summed E-state index contributed by atoms with van der Waals surface area (Å²) < 4.78 is 11.2. The number of ether oxygens (including phenoxy) is 2. The first-order valence-electron chi connectivity index (χ1n) is 7.75. The summed E-state index contributed by atoms with van der Waals surface area (Å²) >= 11 is 0. The molecule has 7 nitrogen and oxygen atoms in total. The topological polar surface area (TPSA) is 103 Å². The first-order valence-corrected chi connectivity index (χ1v) is 7.75. The number of carbonyl (C=O) groups excluding carboxylic acids is 2. The predicted octanol–water partition coefficient (Wildman–Crippen LogP) is 2.09. The van der Waals surface area contributed by atoms with Gasteiger partial charge >= 0.3 is 6.03 Å². The molecule has 126 valence electrons. The van der Waals surface area contributed by atoms with Crippen molar-refractivity contribution < 1.29 is 19.1 Å². The maximum absolute atomic E-state index is 12.1. The van der Waals surface area contributed by atoms with Gasteiger partial charge < -0.3 is 25.8 Å². The highest BCUT2D eigenvalue weighted by Crippen LogP contribution is 2.16. The van der Waals surface area contributed by atoms with Gasteiger partial charge in [-0.05, 0) is 44.4 Å². The van der Waals surface area contributed by atoms with E-state index in [1.165, 1.54) is 0 Å². The van der Waals surface area contributed by atoms with E-state index in [2.05, 4.69) is 10.6 Å². The van der Waals surface area contributed by atoms with Crippen molar-refractivity contribution in [1.29, 1.82) is 0 Å². The zero-order valence-corrected chi connectivity index (χ0v) is 13.2. The summed E-state index contributed by atoms with van der Waals surface area (Å²) in [7, 11) is 0. The first kappa shape index (κ1) is 17.2. The van der Waals surface area contributed by atoms with Crippen molar-refractivity contribution in [3.05, 3.63) is 24.3 Å². The maximum Gasteiger partial charge on any atom is 0.316 e. The molecule has 4 N–H and O–H groups in total.